The van der Waals surface area contributed by atoms with Crippen molar-refractivity contribution >= 4 is 15.7 Å². The summed E-state index contributed by atoms with van der Waals surface area (Å²) in [5.74, 6) is 0.209. The molecule has 0 saturated carbocycles. The van der Waals surface area contributed by atoms with Crippen LogP contribution in [0.1, 0.15) is 18.9 Å². The van der Waals surface area contributed by atoms with Gasteiger partial charge in [0.15, 0.2) is 9.84 Å². The minimum Gasteiger partial charge on any atom is -0.496 e. The molecule has 0 bridgehead atoms. The lowest BCUT2D eigenvalue weighted by molar-refractivity contribution is -0.0922. The highest BCUT2D eigenvalue weighted by molar-refractivity contribution is 7.90. The molecule has 0 radical (unpaired) electrons. The van der Waals surface area contributed by atoms with Gasteiger partial charge in [-0.1, -0.05) is 6.92 Å². The quantitative estimate of drug-likeness (QED) is 0.620. The Balaban J connectivity index is 2.17. The van der Waals surface area contributed by atoms with Crippen molar-refractivity contribution in [2.75, 3.05) is 26.5 Å². The molecule has 1 aromatic carbocycles. The highest BCUT2D eigenvalue weighted by atomic mass is 32.2. The lowest BCUT2D eigenvalue weighted by Crippen LogP contribution is -2.55. The maximum atomic E-state index is 13.5. The first kappa shape index (κ1) is 22.2. The summed E-state index contributed by atoms with van der Waals surface area (Å²) in [6.45, 7) is 1.82. The van der Waals surface area contributed by atoms with Crippen LogP contribution in [0, 0.1) is 0 Å². The van der Waals surface area contributed by atoms with Gasteiger partial charge in [-0.25, -0.2) is 8.42 Å². The summed E-state index contributed by atoms with van der Waals surface area (Å²) in [5.41, 5.74) is 4.85. The summed E-state index contributed by atoms with van der Waals surface area (Å²) in [6, 6.07) is 4.18. The monoisotopic (exact) mass is 444 g/mol. The van der Waals surface area contributed by atoms with Gasteiger partial charge in [0.25, 0.3) is 0 Å². The maximum Gasteiger partial charge on any atom is 0.415 e. The molecule has 0 aromatic heterocycles. The third-order valence-electron chi connectivity index (χ3n) is 4.85. The van der Waals surface area contributed by atoms with E-state index in [4.69, 9.17) is 10.5 Å². The van der Waals surface area contributed by atoms with Crippen molar-refractivity contribution in [3.05, 3.63) is 46.7 Å². The summed E-state index contributed by atoms with van der Waals surface area (Å²) in [4.78, 5) is 4.05. The summed E-state index contributed by atoms with van der Waals surface area (Å²) in [6.07, 6.45) is -1.32. The highest BCUT2D eigenvalue weighted by Crippen LogP contribution is 2.39. The summed E-state index contributed by atoms with van der Waals surface area (Å²) < 4.78 is 69.5. The largest absolute Gasteiger partial charge is 0.496 e. The fraction of sp³-hybridized carbons (Fsp3) is 0.421. The van der Waals surface area contributed by atoms with Crippen molar-refractivity contribution in [3.8, 4) is 5.75 Å². The Kier molecular flexibility index (Phi) is 5.63. The third kappa shape index (κ3) is 4.04. The minimum atomic E-state index is -4.53. The number of nitrogens with zero attached hydrogens (tertiary/aromatic N) is 1. The van der Waals surface area contributed by atoms with Crippen LogP contribution >= 0.6 is 0 Å². The van der Waals surface area contributed by atoms with Crippen LogP contribution in [0.3, 0.4) is 0 Å². The number of rotatable bonds is 6. The van der Waals surface area contributed by atoms with Crippen LogP contribution in [0.4, 0.5) is 13.2 Å². The molecule has 0 fully saturated rings. The SMILES string of the molecule is CCCNC1=CC(N)(c2ccc(S(C)(=O)=O)cc2OC)NC2=NCC(C(F)(F)F)=C12. The van der Waals surface area contributed by atoms with E-state index in [0.717, 1.165) is 6.26 Å². The lowest BCUT2D eigenvalue weighted by atomic mass is 9.90. The van der Waals surface area contributed by atoms with Crippen molar-refractivity contribution in [3.63, 3.8) is 0 Å². The molecule has 1 aromatic rings. The van der Waals surface area contributed by atoms with E-state index in [1.165, 1.54) is 31.4 Å². The van der Waals surface area contributed by atoms with Crippen LogP contribution in [0.5, 0.6) is 5.75 Å². The molecule has 11 heteroatoms. The number of fused-ring (bicyclic) bond motifs is 1. The fourth-order valence-electron chi connectivity index (χ4n) is 3.40. The number of hydrogen-bond donors (Lipinski definition) is 3. The molecule has 164 valence electrons. The Labute approximate surface area is 172 Å². The van der Waals surface area contributed by atoms with E-state index >= 15 is 0 Å². The Hall–Kier alpha value is -2.53. The second-order valence-electron chi connectivity index (χ2n) is 7.13. The van der Waals surface area contributed by atoms with Gasteiger partial charge in [-0.3, -0.25) is 4.99 Å². The number of benzene rings is 1. The number of amidine groups is 1. The molecule has 2 aliphatic rings. The first-order chi connectivity index (χ1) is 13.9. The Morgan fingerprint density at radius 2 is 2.07 bits per heavy atom. The van der Waals surface area contributed by atoms with Gasteiger partial charge in [0.2, 0.25) is 0 Å². The number of ether oxygens (including phenoxy) is 1. The molecule has 4 N–H and O–H groups in total. The van der Waals surface area contributed by atoms with Crippen molar-refractivity contribution in [2.24, 2.45) is 10.7 Å². The zero-order valence-electron chi connectivity index (χ0n) is 16.7. The molecule has 1 atom stereocenters. The molecule has 0 aliphatic carbocycles. The van der Waals surface area contributed by atoms with Gasteiger partial charge in [0.05, 0.1) is 24.1 Å². The Bertz CT molecular complexity index is 1060. The van der Waals surface area contributed by atoms with Gasteiger partial charge in [-0.2, -0.15) is 13.2 Å². The normalized spacial score (nSPS) is 21.6. The van der Waals surface area contributed by atoms with Gasteiger partial charge in [-0.15, -0.1) is 0 Å². The van der Waals surface area contributed by atoms with Crippen LogP contribution in [-0.2, 0) is 15.5 Å². The summed E-state index contributed by atoms with van der Waals surface area (Å²) in [5, 5.41) is 5.88. The van der Waals surface area contributed by atoms with Gasteiger partial charge in [0.1, 0.15) is 17.2 Å². The lowest BCUT2D eigenvalue weighted by Gasteiger charge is -2.36. The number of nitrogens with one attached hydrogen (secondary N) is 2. The van der Waals surface area contributed by atoms with Crippen LogP contribution < -0.4 is 21.1 Å². The molecule has 7 nitrogen and oxygen atoms in total. The predicted molar refractivity (Wildman–Crippen MR) is 107 cm³/mol. The van der Waals surface area contributed by atoms with Gasteiger partial charge in [0, 0.05) is 29.6 Å². The average Bonchev–Trinajstić information content (AvgIpc) is 3.08. The van der Waals surface area contributed by atoms with Crippen molar-refractivity contribution in [2.45, 2.75) is 30.1 Å². The first-order valence-corrected chi connectivity index (χ1v) is 11.1. The first-order valence-electron chi connectivity index (χ1n) is 9.18. The molecular formula is C19H23F3N4O3S. The number of methoxy groups -OCH3 is 1. The van der Waals surface area contributed by atoms with Gasteiger partial charge in [-0.05, 0) is 30.7 Å². The topological polar surface area (TPSA) is 106 Å². The summed E-state index contributed by atoms with van der Waals surface area (Å²) >= 11 is 0. The molecule has 30 heavy (non-hydrogen) atoms. The molecule has 0 amide bonds. The molecule has 0 saturated heterocycles. The van der Waals surface area contributed by atoms with Crippen molar-refractivity contribution in [1.82, 2.24) is 10.6 Å². The number of aliphatic imine (C=N–C) groups is 1. The van der Waals surface area contributed by atoms with Crippen LogP contribution in [0.15, 0.2) is 51.0 Å². The fourth-order valence-corrected chi connectivity index (χ4v) is 4.04. The molecular weight excluding hydrogens is 421 g/mol. The summed E-state index contributed by atoms with van der Waals surface area (Å²) in [7, 11) is -2.13. The predicted octanol–water partition coefficient (Wildman–Crippen LogP) is 1.97. The van der Waals surface area contributed by atoms with Gasteiger partial charge < -0.3 is 21.1 Å². The number of nitrogens with two attached hydrogens (primary N) is 1. The van der Waals surface area contributed by atoms with E-state index in [0.29, 0.717) is 18.5 Å². The Morgan fingerprint density at radius 3 is 2.63 bits per heavy atom. The van der Waals surface area contributed by atoms with Gasteiger partial charge >= 0.3 is 6.18 Å². The van der Waals surface area contributed by atoms with E-state index in [1.807, 2.05) is 6.92 Å². The standard InChI is InChI=1S/C19H23F3N4O3S/c1-4-7-24-14-9-18(23,26-17-16(14)13(10-25-17)19(20,21)22)12-6-5-11(30(3,27)28)8-15(12)29-2/h5-6,8-9,24H,4,7,10,23H2,1-3H3,(H,25,26). The highest BCUT2D eigenvalue weighted by Gasteiger charge is 2.45. The number of halogens is 3. The molecule has 2 heterocycles. The van der Waals surface area contributed by atoms with E-state index in [-0.39, 0.29) is 27.8 Å². The van der Waals surface area contributed by atoms with Crippen LogP contribution in [0.25, 0.3) is 0 Å². The number of alkyl halides is 3. The van der Waals surface area contributed by atoms with Crippen molar-refractivity contribution < 1.29 is 26.3 Å². The molecule has 0 spiro atoms. The molecule has 3 rings (SSSR count). The minimum absolute atomic E-state index is 0.0279. The second-order valence-corrected chi connectivity index (χ2v) is 9.14. The van der Waals surface area contributed by atoms with E-state index in [2.05, 4.69) is 15.6 Å². The van der Waals surface area contributed by atoms with E-state index in [9.17, 15) is 21.6 Å². The smallest absolute Gasteiger partial charge is 0.415 e. The maximum absolute atomic E-state index is 13.5. The van der Waals surface area contributed by atoms with E-state index in [1.54, 1.807) is 0 Å². The van der Waals surface area contributed by atoms with Crippen molar-refractivity contribution in [1.29, 1.82) is 0 Å². The zero-order chi connectivity index (χ0) is 22.3. The Morgan fingerprint density at radius 1 is 1.37 bits per heavy atom. The number of hydrogen-bond acceptors (Lipinski definition) is 7. The molecule has 2 aliphatic heterocycles. The van der Waals surface area contributed by atoms with Crippen LogP contribution in [0.2, 0.25) is 0 Å². The van der Waals surface area contributed by atoms with E-state index < -0.39 is 33.8 Å². The average molecular weight is 444 g/mol. The number of sulfone groups is 1. The third-order valence-corrected chi connectivity index (χ3v) is 5.97. The molecule has 1 unspecified atom stereocenters. The van der Waals surface area contributed by atoms with Crippen LogP contribution in [-0.4, -0.2) is 46.9 Å². The second kappa shape index (κ2) is 7.62. The zero-order valence-corrected chi connectivity index (χ0v) is 17.5.